The van der Waals surface area contributed by atoms with E-state index in [9.17, 15) is 4.79 Å². The van der Waals surface area contributed by atoms with Gasteiger partial charge in [-0.25, -0.2) is 0 Å². The maximum absolute atomic E-state index is 11.0. The Morgan fingerprint density at radius 2 is 2.09 bits per heavy atom. The Morgan fingerprint density at radius 3 is 2.45 bits per heavy atom. The SMILES string of the molecule is CC[C@H](C)NCC(=O)N(C)C. The normalized spacial score (nSPS) is 12.7. The highest BCUT2D eigenvalue weighted by Gasteiger charge is 2.04. The molecule has 3 heteroatoms. The molecular formula is C8H18N2O. The molecule has 0 heterocycles. The van der Waals surface area contributed by atoms with Gasteiger partial charge in [0.2, 0.25) is 5.91 Å². The standard InChI is InChI=1S/C8H18N2O/c1-5-7(2)9-6-8(11)10(3)4/h7,9H,5-6H2,1-4H3/t7-/m0/s1. The van der Waals surface area contributed by atoms with Crippen LogP contribution >= 0.6 is 0 Å². The van der Waals surface area contributed by atoms with Crippen LogP contribution in [0.5, 0.6) is 0 Å². The molecule has 1 N–H and O–H groups in total. The highest BCUT2D eigenvalue weighted by molar-refractivity contribution is 5.77. The molecule has 0 aliphatic rings. The van der Waals surface area contributed by atoms with Gasteiger partial charge in [-0.1, -0.05) is 6.92 Å². The molecule has 0 aromatic rings. The molecule has 0 unspecified atom stereocenters. The first kappa shape index (κ1) is 10.4. The van der Waals surface area contributed by atoms with Crippen molar-refractivity contribution in [1.82, 2.24) is 10.2 Å². The van der Waals surface area contributed by atoms with Crippen LogP contribution in [0.4, 0.5) is 0 Å². The quantitative estimate of drug-likeness (QED) is 0.644. The summed E-state index contributed by atoms with van der Waals surface area (Å²) < 4.78 is 0. The van der Waals surface area contributed by atoms with E-state index in [1.54, 1.807) is 19.0 Å². The maximum atomic E-state index is 11.0. The molecule has 1 amide bonds. The highest BCUT2D eigenvalue weighted by atomic mass is 16.2. The highest BCUT2D eigenvalue weighted by Crippen LogP contribution is 1.86. The number of nitrogens with one attached hydrogen (secondary N) is 1. The largest absolute Gasteiger partial charge is 0.348 e. The molecule has 11 heavy (non-hydrogen) atoms. The van der Waals surface area contributed by atoms with Gasteiger partial charge in [-0.3, -0.25) is 4.79 Å². The van der Waals surface area contributed by atoms with Gasteiger partial charge in [0.15, 0.2) is 0 Å². The number of rotatable bonds is 4. The lowest BCUT2D eigenvalue weighted by atomic mass is 10.2. The Bertz CT molecular complexity index is 123. The first-order valence-corrected chi connectivity index (χ1v) is 4.01. The zero-order valence-electron chi connectivity index (χ0n) is 7.85. The molecule has 0 aromatic carbocycles. The van der Waals surface area contributed by atoms with Crippen LogP contribution in [0.25, 0.3) is 0 Å². The first-order valence-electron chi connectivity index (χ1n) is 4.01. The van der Waals surface area contributed by atoms with E-state index >= 15 is 0 Å². The second-order valence-electron chi connectivity index (χ2n) is 2.98. The molecule has 0 aromatic heterocycles. The van der Waals surface area contributed by atoms with Crippen LogP contribution in [0.2, 0.25) is 0 Å². The van der Waals surface area contributed by atoms with Crippen LogP contribution in [0, 0.1) is 0 Å². The van der Waals surface area contributed by atoms with Gasteiger partial charge in [0, 0.05) is 20.1 Å². The number of hydrogen-bond donors (Lipinski definition) is 1. The molecule has 0 saturated carbocycles. The first-order chi connectivity index (χ1) is 5.07. The molecule has 0 fully saturated rings. The van der Waals surface area contributed by atoms with Gasteiger partial charge in [-0.15, -0.1) is 0 Å². The van der Waals surface area contributed by atoms with E-state index in [0.29, 0.717) is 12.6 Å². The maximum Gasteiger partial charge on any atom is 0.236 e. The van der Waals surface area contributed by atoms with Crippen LogP contribution in [0.15, 0.2) is 0 Å². The van der Waals surface area contributed by atoms with Crippen molar-refractivity contribution in [2.24, 2.45) is 0 Å². The molecular weight excluding hydrogens is 140 g/mol. The molecule has 66 valence electrons. The fourth-order valence-electron chi connectivity index (χ4n) is 0.564. The van der Waals surface area contributed by atoms with Gasteiger partial charge in [0.25, 0.3) is 0 Å². The van der Waals surface area contributed by atoms with Gasteiger partial charge in [0.05, 0.1) is 6.54 Å². The van der Waals surface area contributed by atoms with E-state index in [0.717, 1.165) is 6.42 Å². The third-order valence-electron chi connectivity index (χ3n) is 1.71. The van der Waals surface area contributed by atoms with Crippen LogP contribution in [0.1, 0.15) is 20.3 Å². The summed E-state index contributed by atoms with van der Waals surface area (Å²) in [5.41, 5.74) is 0. The lowest BCUT2D eigenvalue weighted by Gasteiger charge is -2.14. The van der Waals surface area contributed by atoms with Crippen molar-refractivity contribution in [1.29, 1.82) is 0 Å². The molecule has 0 spiro atoms. The summed E-state index contributed by atoms with van der Waals surface area (Å²) in [6.07, 6.45) is 1.06. The Balaban J connectivity index is 3.46. The minimum atomic E-state index is 0.130. The summed E-state index contributed by atoms with van der Waals surface area (Å²) >= 11 is 0. The van der Waals surface area contributed by atoms with Crippen LogP contribution in [-0.4, -0.2) is 37.5 Å². The fourth-order valence-corrected chi connectivity index (χ4v) is 0.564. The van der Waals surface area contributed by atoms with Gasteiger partial charge in [-0.2, -0.15) is 0 Å². The van der Waals surface area contributed by atoms with Crippen molar-refractivity contribution in [3.8, 4) is 0 Å². The summed E-state index contributed by atoms with van der Waals surface area (Å²) in [6.45, 7) is 4.61. The van der Waals surface area contributed by atoms with Crippen molar-refractivity contribution < 1.29 is 4.79 Å². The van der Waals surface area contributed by atoms with Crippen LogP contribution in [-0.2, 0) is 4.79 Å². The summed E-state index contributed by atoms with van der Waals surface area (Å²) in [7, 11) is 3.53. The van der Waals surface area contributed by atoms with E-state index in [1.807, 2.05) is 0 Å². The average Bonchev–Trinajstić information content (AvgIpc) is 1.99. The number of carbonyl (C=O) groups is 1. The summed E-state index contributed by atoms with van der Waals surface area (Å²) in [6, 6.07) is 0.430. The molecule has 1 atom stereocenters. The fraction of sp³-hybridized carbons (Fsp3) is 0.875. The average molecular weight is 158 g/mol. The molecule has 0 aliphatic carbocycles. The van der Waals surface area contributed by atoms with Crippen molar-refractivity contribution >= 4 is 5.91 Å². The summed E-state index contributed by atoms with van der Waals surface area (Å²) in [5.74, 6) is 0.130. The number of hydrogen-bond acceptors (Lipinski definition) is 2. The van der Waals surface area contributed by atoms with E-state index < -0.39 is 0 Å². The second-order valence-corrected chi connectivity index (χ2v) is 2.98. The third-order valence-corrected chi connectivity index (χ3v) is 1.71. The number of likely N-dealkylation sites (N-methyl/N-ethyl adjacent to an activating group) is 1. The van der Waals surface area contributed by atoms with E-state index in [2.05, 4.69) is 19.2 Å². The van der Waals surface area contributed by atoms with Gasteiger partial charge >= 0.3 is 0 Å². The molecule has 0 aliphatic heterocycles. The Morgan fingerprint density at radius 1 is 1.55 bits per heavy atom. The monoisotopic (exact) mass is 158 g/mol. The van der Waals surface area contributed by atoms with Gasteiger partial charge in [0.1, 0.15) is 0 Å². The number of carbonyl (C=O) groups excluding carboxylic acids is 1. The lowest BCUT2D eigenvalue weighted by Crippen LogP contribution is -2.37. The molecule has 0 bridgehead atoms. The second kappa shape index (κ2) is 5.13. The smallest absolute Gasteiger partial charge is 0.236 e. The zero-order chi connectivity index (χ0) is 8.85. The topological polar surface area (TPSA) is 32.3 Å². The predicted molar refractivity (Wildman–Crippen MR) is 46.4 cm³/mol. The summed E-state index contributed by atoms with van der Waals surface area (Å²) in [4.78, 5) is 12.6. The number of nitrogens with zero attached hydrogens (tertiary/aromatic N) is 1. The molecule has 0 rings (SSSR count). The van der Waals surface area contributed by atoms with Gasteiger partial charge in [-0.05, 0) is 13.3 Å². The van der Waals surface area contributed by atoms with Gasteiger partial charge < -0.3 is 10.2 Å². The number of amides is 1. The Hall–Kier alpha value is -0.570. The van der Waals surface area contributed by atoms with Crippen molar-refractivity contribution in [3.63, 3.8) is 0 Å². The molecule has 3 nitrogen and oxygen atoms in total. The minimum Gasteiger partial charge on any atom is -0.348 e. The van der Waals surface area contributed by atoms with E-state index in [4.69, 9.17) is 0 Å². The van der Waals surface area contributed by atoms with Crippen LogP contribution in [0.3, 0.4) is 0 Å². The minimum absolute atomic E-state index is 0.130. The Labute approximate surface area is 68.8 Å². The van der Waals surface area contributed by atoms with Crippen molar-refractivity contribution in [2.75, 3.05) is 20.6 Å². The molecule has 0 radical (unpaired) electrons. The lowest BCUT2D eigenvalue weighted by molar-refractivity contribution is -0.127. The third kappa shape index (κ3) is 4.79. The Kier molecular flexibility index (Phi) is 4.86. The van der Waals surface area contributed by atoms with E-state index in [1.165, 1.54) is 0 Å². The van der Waals surface area contributed by atoms with Crippen molar-refractivity contribution in [2.45, 2.75) is 26.3 Å². The molecule has 0 saturated heterocycles. The van der Waals surface area contributed by atoms with E-state index in [-0.39, 0.29) is 5.91 Å². The zero-order valence-corrected chi connectivity index (χ0v) is 7.85. The van der Waals surface area contributed by atoms with Crippen LogP contribution < -0.4 is 5.32 Å². The summed E-state index contributed by atoms with van der Waals surface area (Å²) in [5, 5.41) is 3.12. The predicted octanol–water partition coefficient (Wildman–Crippen LogP) is 0.463. The van der Waals surface area contributed by atoms with Crippen molar-refractivity contribution in [3.05, 3.63) is 0 Å².